The van der Waals surface area contributed by atoms with Crippen molar-refractivity contribution in [2.45, 2.75) is 19.4 Å². The summed E-state index contributed by atoms with van der Waals surface area (Å²) in [4.78, 5) is 2.49. The Morgan fingerprint density at radius 1 is 1.35 bits per heavy atom. The molecule has 2 heterocycles. The molecule has 6 heteroatoms. The van der Waals surface area contributed by atoms with Crippen LogP contribution in [0.15, 0.2) is 21.2 Å². The third kappa shape index (κ3) is 4.45. The van der Waals surface area contributed by atoms with Crippen LogP contribution in [0.3, 0.4) is 0 Å². The van der Waals surface area contributed by atoms with Crippen LogP contribution >= 0.6 is 40.7 Å². The van der Waals surface area contributed by atoms with Crippen molar-refractivity contribution in [1.82, 2.24) is 10.2 Å². The second kappa shape index (κ2) is 8.38. The standard InChI is InChI=1S/C11H17BrN2O.2ClH/c1-2-9(10-3-4-11(12)15-10)14-7-5-13-6-8-14;;/h3-4,9,13H,2,5-8H2,1H3;2*1H/t9-;;/m1../s1. The highest BCUT2D eigenvalue weighted by Crippen LogP contribution is 2.27. The summed E-state index contributed by atoms with van der Waals surface area (Å²) in [6.45, 7) is 6.59. The van der Waals surface area contributed by atoms with E-state index in [2.05, 4.69) is 39.1 Å². The second-order valence-corrected chi connectivity index (χ2v) is 4.63. The summed E-state index contributed by atoms with van der Waals surface area (Å²) in [6.07, 6.45) is 1.10. The molecule has 1 aromatic heterocycles. The van der Waals surface area contributed by atoms with Gasteiger partial charge in [-0.3, -0.25) is 4.90 Å². The molecule has 1 saturated heterocycles. The molecule has 1 aliphatic rings. The molecule has 2 rings (SSSR count). The van der Waals surface area contributed by atoms with E-state index in [0.29, 0.717) is 6.04 Å². The fourth-order valence-electron chi connectivity index (χ4n) is 2.14. The van der Waals surface area contributed by atoms with Crippen LogP contribution in [0.5, 0.6) is 0 Å². The molecule has 0 spiro atoms. The summed E-state index contributed by atoms with van der Waals surface area (Å²) in [5.74, 6) is 1.08. The molecule has 1 fully saturated rings. The summed E-state index contributed by atoms with van der Waals surface area (Å²) >= 11 is 3.36. The van der Waals surface area contributed by atoms with E-state index in [1.165, 1.54) is 0 Å². The van der Waals surface area contributed by atoms with Gasteiger partial charge in [-0.05, 0) is 34.5 Å². The minimum absolute atomic E-state index is 0. The van der Waals surface area contributed by atoms with Gasteiger partial charge in [0.2, 0.25) is 0 Å². The Kier molecular flexibility index (Phi) is 8.51. The summed E-state index contributed by atoms with van der Waals surface area (Å²) in [5.41, 5.74) is 0. The number of hydrogen-bond acceptors (Lipinski definition) is 3. The smallest absolute Gasteiger partial charge is 0.169 e. The molecule has 0 aromatic carbocycles. The summed E-state index contributed by atoms with van der Waals surface area (Å²) < 4.78 is 6.47. The molecular weight excluding hydrogens is 327 g/mol. The van der Waals surface area contributed by atoms with Crippen LogP contribution in [0.4, 0.5) is 0 Å². The van der Waals surface area contributed by atoms with Crippen LogP contribution in [0.25, 0.3) is 0 Å². The van der Waals surface area contributed by atoms with Crippen LogP contribution in [0, 0.1) is 0 Å². The Hall–Kier alpha value is 0.260. The molecule has 0 radical (unpaired) electrons. The van der Waals surface area contributed by atoms with E-state index in [4.69, 9.17) is 4.42 Å². The number of nitrogens with one attached hydrogen (secondary N) is 1. The van der Waals surface area contributed by atoms with E-state index in [-0.39, 0.29) is 24.8 Å². The van der Waals surface area contributed by atoms with E-state index in [9.17, 15) is 0 Å². The zero-order chi connectivity index (χ0) is 10.7. The van der Waals surface area contributed by atoms with Gasteiger partial charge < -0.3 is 9.73 Å². The van der Waals surface area contributed by atoms with Crippen molar-refractivity contribution in [1.29, 1.82) is 0 Å². The molecule has 17 heavy (non-hydrogen) atoms. The molecule has 0 aliphatic carbocycles. The minimum Gasteiger partial charge on any atom is -0.453 e. The van der Waals surface area contributed by atoms with Gasteiger partial charge >= 0.3 is 0 Å². The van der Waals surface area contributed by atoms with Crippen LogP contribution in [0.1, 0.15) is 25.1 Å². The first-order valence-corrected chi connectivity index (χ1v) is 6.30. The highest BCUT2D eigenvalue weighted by atomic mass is 79.9. The molecule has 0 unspecified atom stereocenters. The van der Waals surface area contributed by atoms with Crippen molar-refractivity contribution in [2.24, 2.45) is 0 Å². The predicted molar refractivity (Wildman–Crippen MR) is 78.4 cm³/mol. The molecule has 1 N–H and O–H groups in total. The Morgan fingerprint density at radius 2 is 2.00 bits per heavy atom. The van der Waals surface area contributed by atoms with Crippen molar-refractivity contribution >= 4 is 40.7 Å². The van der Waals surface area contributed by atoms with Crippen molar-refractivity contribution in [2.75, 3.05) is 26.2 Å². The molecule has 0 bridgehead atoms. The van der Waals surface area contributed by atoms with E-state index < -0.39 is 0 Å². The Morgan fingerprint density at radius 3 is 2.47 bits per heavy atom. The molecule has 1 atom stereocenters. The lowest BCUT2D eigenvalue weighted by atomic mass is 10.1. The van der Waals surface area contributed by atoms with Crippen molar-refractivity contribution in [3.05, 3.63) is 22.6 Å². The number of hydrogen-bond donors (Lipinski definition) is 1. The van der Waals surface area contributed by atoms with Crippen molar-refractivity contribution in [3.8, 4) is 0 Å². The zero-order valence-electron chi connectivity index (χ0n) is 9.82. The van der Waals surface area contributed by atoms with E-state index >= 15 is 0 Å². The molecule has 0 amide bonds. The molecule has 0 saturated carbocycles. The third-order valence-electron chi connectivity index (χ3n) is 2.90. The average Bonchev–Trinajstić information content (AvgIpc) is 2.68. The van der Waals surface area contributed by atoms with Gasteiger partial charge in [0.05, 0.1) is 6.04 Å². The first-order chi connectivity index (χ1) is 7.31. The summed E-state index contributed by atoms with van der Waals surface area (Å²) in [6, 6.07) is 4.47. The minimum atomic E-state index is 0. The van der Waals surface area contributed by atoms with E-state index in [1.54, 1.807) is 0 Å². The first-order valence-electron chi connectivity index (χ1n) is 5.51. The Balaban J connectivity index is 0.00000128. The van der Waals surface area contributed by atoms with E-state index in [1.807, 2.05) is 6.07 Å². The lowest BCUT2D eigenvalue weighted by molar-refractivity contribution is 0.149. The number of nitrogens with zero attached hydrogens (tertiary/aromatic N) is 1. The number of furan rings is 1. The maximum atomic E-state index is 5.64. The molecule has 3 nitrogen and oxygen atoms in total. The van der Waals surface area contributed by atoms with Crippen LogP contribution in [-0.4, -0.2) is 31.1 Å². The van der Waals surface area contributed by atoms with Gasteiger partial charge in [0.25, 0.3) is 0 Å². The highest BCUT2D eigenvalue weighted by Gasteiger charge is 2.22. The summed E-state index contributed by atoms with van der Waals surface area (Å²) in [5, 5.41) is 3.37. The zero-order valence-corrected chi connectivity index (χ0v) is 13.0. The fraction of sp³-hybridized carbons (Fsp3) is 0.636. The van der Waals surface area contributed by atoms with Gasteiger partial charge in [-0.25, -0.2) is 0 Å². The van der Waals surface area contributed by atoms with Gasteiger partial charge in [-0.15, -0.1) is 24.8 Å². The quantitative estimate of drug-likeness (QED) is 0.911. The first kappa shape index (κ1) is 17.3. The van der Waals surface area contributed by atoms with Gasteiger partial charge in [-0.2, -0.15) is 0 Å². The molecule has 100 valence electrons. The largest absolute Gasteiger partial charge is 0.453 e. The van der Waals surface area contributed by atoms with Crippen molar-refractivity contribution < 1.29 is 4.42 Å². The van der Waals surface area contributed by atoms with Crippen molar-refractivity contribution in [3.63, 3.8) is 0 Å². The maximum absolute atomic E-state index is 5.64. The Labute approximate surface area is 123 Å². The monoisotopic (exact) mass is 344 g/mol. The van der Waals surface area contributed by atoms with Gasteiger partial charge in [0.1, 0.15) is 5.76 Å². The molecular formula is C11H19BrCl2N2O. The molecule has 1 aliphatic heterocycles. The lowest BCUT2D eigenvalue weighted by Crippen LogP contribution is -2.44. The maximum Gasteiger partial charge on any atom is 0.169 e. The third-order valence-corrected chi connectivity index (χ3v) is 3.33. The molecule has 1 aromatic rings. The van der Waals surface area contributed by atoms with Crippen LogP contribution in [-0.2, 0) is 0 Å². The SMILES string of the molecule is CC[C@H](c1ccc(Br)o1)N1CCNCC1.Cl.Cl. The predicted octanol–water partition coefficient (Wildman–Crippen LogP) is 3.24. The Bertz CT molecular complexity index is 316. The lowest BCUT2D eigenvalue weighted by Gasteiger charge is -2.33. The van der Waals surface area contributed by atoms with Gasteiger partial charge in [0.15, 0.2) is 4.67 Å². The number of halogens is 3. The normalized spacial score (nSPS) is 18.0. The van der Waals surface area contributed by atoms with E-state index in [0.717, 1.165) is 43.0 Å². The topological polar surface area (TPSA) is 28.4 Å². The van der Waals surface area contributed by atoms with Crippen LogP contribution < -0.4 is 5.32 Å². The van der Waals surface area contributed by atoms with Gasteiger partial charge in [-0.1, -0.05) is 6.92 Å². The average molecular weight is 346 g/mol. The summed E-state index contributed by atoms with van der Waals surface area (Å²) in [7, 11) is 0. The number of rotatable bonds is 3. The van der Waals surface area contributed by atoms with Gasteiger partial charge in [0, 0.05) is 26.2 Å². The second-order valence-electron chi connectivity index (χ2n) is 3.85. The highest BCUT2D eigenvalue weighted by molar-refractivity contribution is 9.10. The number of piperazine rings is 1. The fourth-order valence-corrected chi connectivity index (χ4v) is 2.46. The van der Waals surface area contributed by atoms with Crippen LogP contribution in [0.2, 0.25) is 0 Å².